The van der Waals surface area contributed by atoms with E-state index in [0.717, 1.165) is 69.0 Å². The lowest BCUT2D eigenvalue weighted by atomic mass is 9.84. The van der Waals surface area contributed by atoms with Gasteiger partial charge in [-0.05, 0) is 96.2 Å². The number of pyridine rings is 1. The van der Waals surface area contributed by atoms with Gasteiger partial charge in [0.1, 0.15) is 6.61 Å². The summed E-state index contributed by atoms with van der Waals surface area (Å²) in [6.45, 7) is 0.310. The van der Waals surface area contributed by atoms with Crippen molar-refractivity contribution in [1.29, 1.82) is 0 Å². The maximum atomic E-state index is 13.1. The Kier molecular flexibility index (Phi) is 13.0. The number of fused-ring (bicyclic) bond motifs is 2. The number of unbranched alkanes of at least 4 members (excludes halogenated alkanes) is 3. The van der Waals surface area contributed by atoms with E-state index in [1.54, 1.807) is 23.7 Å². The average Bonchev–Trinajstić information content (AvgIpc) is 3.71. The Labute approximate surface area is 308 Å². The van der Waals surface area contributed by atoms with E-state index in [1.165, 1.54) is 0 Å². The first kappa shape index (κ1) is 37.6. The normalized spacial score (nSPS) is 19.8. The Hall–Kier alpha value is -4.19. The maximum absolute atomic E-state index is 13.1. The third-order valence-electron chi connectivity index (χ3n) is 10.5. The minimum atomic E-state index is -0.579. The van der Waals surface area contributed by atoms with Crippen LogP contribution in [0.15, 0.2) is 91.3 Å². The second kappa shape index (κ2) is 18.0. The van der Waals surface area contributed by atoms with Gasteiger partial charge in [-0.25, -0.2) is 0 Å². The molecule has 0 bridgehead atoms. The Morgan fingerprint density at radius 1 is 0.885 bits per heavy atom. The second-order valence-corrected chi connectivity index (χ2v) is 15.2. The summed E-state index contributed by atoms with van der Waals surface area (Å²) in [6, 6.07) is 25.1. The van der Waals surface area contributed by atoms with Crippen LogP contribution < -0.4 is 11.1 Å². The number of nitrogens with zero attached hydrogens (tertiary/aromatic N) is 1. The summed E-state index contributed by atoms with van der Waals surface area (Å²) in [4.78, 5) is 30.6. The fourth-order valence-corrected chi connectivity index (χ4v) is 8.60. The van der Waals surface area contributed by atoms with Crippen molar-refractivity contribution >= 4 is 49.8 Å². The molecule has 0 radical (unpaired) electrons. The molecule has 0 spiro atoms. The molecule has 1 aliphatic carbocycles. The number of carbonyl (C=O) groups is 2. The largest absolute Gasteiger partial charge is 0.461 e. The lowest BCUT2D eigenvalue weighted by Crippen LogP contribution is -2.27. The van der Waals surface area contributed by atoms with E-state index in [-0.39, 0.29) is 36.9 Å². The van der Waals surface area contributed by atoms with Gasteiger partial charge < -0.3 is 31.1 Å². The van der Waals surface area contributed by atoms with E-state index >= 15 is 0 Å². The molecule has 274 valence electrons. The van der Waals surface area contributed by atoms with Gasteiger partial charge in [0, 0.05) is 46.0 Å². The van der Waals surface area contributed by atoms with Gasteiger partial charge in [0.25, 0.3) is 0 Å². The van der Waals surface area contributed by atoms with Crippen molar-refractivity contribution in [2.75, 3.05) is 11.9 Å². The molecule has 6 rings (SSSR count). The van der Waals surface area contributed by atoms with Crippen molar-refractivity contribution in [3.63, 3.8) is 0 Å². The Morgan fingerprint density at radius 3 is 2.44 bits per heavy atom. The number of hydrogen-bond acceptors (Lipinski definition) is 9. The second-order valence-electron chi connectivity index (χ2n) is 14.0. The predicted octanol–water partition coefficient (Wildman–Crippen LogP) is 7.39. The molecule has 6 N–H and O–H groups in total. The molecule has 52 heavy (non-hydrogen) atoms. The Bertz CT molecular complexity index is 1900. The van der Waals surface area contributed by atoms with Gasteiger partial charge in [0.05, 0.1) is 24.2 Å². The SMILES string of the molecule is NCC(C(=O)Nc1ccc2cnccc2c1)c1ccc(COC(=O)CCCCCC[C@@H]2[C@@H](CC[C@@H](O)c3cc4ccccc4s3)[C@H](O)C[C@@H]2O)cc1. The summed E-state index contributed by atoms with van der Waals surface area (Å²) >= 11 is 1.61. The van der Waals surface area contributed by atoms with E-state index in [9.17, 15) is 24.9 Å². The number of nitrogens with two attached hydrogens (primary N) is 1. The first-order chi connectivity index (χ1) is 25.3. The number of thiophene rings is 1. The van der Waals surface area contributed by atoms with Crippen molar-refractivity contribution in [1.82, 2.24) is 4.98 Å². The van der Waals surface area contributed by atoms with Crippen LogP contribution in [0.1, 0.15) is 85.8 Å². The molecular formula is C42H49N3O6S. The van der Waals surface area contributed by atoms with Crippen LogP contribution in [0.5, 0.6) is 0 Å². The molecule has 1 fully saturated rings. The monoisotopic (exact) mass is 723 g/mol. The van der Waals surface area contributed by atoms with Gasteiger partial charge in [0.15, 0.2) is 0 Å². The van der Waals surface area contributed by atoms with Crippen LogP contribution in [-0.4, -0.2) is 50.9 Å². The van der Waals surface area contributed by atoms with Crippen molar-refractivity contribution in [2.45, 2.75) is 88.6 Å². The molecule has 3 aromatic carbocycles. The van der Waals surface area contributed by atoms with Gasteiger partial charge in [0.2, 0.25) is 5.91 Å². The zero-order valence-electron chi connectivity index (χ0n) is 29.4. The summed E-state index contributed by atoms with van der Waals surface area (Å²) in [6.07, 6.45) is 8.03. The van der Waals surface area contributed by atoms with Crippen molar-refractivity contribution in [3.05, 3.63) is 107 Å². The molecule has 6 atom stereocenters. The predicted molar refractivity (Wildman–Crippen MR) is 206 cm³/mol. The number of rotatable bonds is 17. The van der Waals surface area contributed by atoms with Gasteiger partial charge in [-0.1, -0.05) is 67.8 Å². The fraction of sp³-hybridized carbons (Fsp3) is 0.405. The number of nitrogens with one attached hydrogen (secondary N) is 1. The van der Waals surface area contributed by atoms with E-state index in [4.69, 9.17) is 10.5 Å². The number of aliphatic hydroxyl groups is 3. The Morgan fingerprint density at radius 2 is 1.65 bits per heavy atom. The standard InChI is InChI=1S/C42H49N3O6S/c43-24-35(42(50)45-32-16-15-31-25-44-20-19-29(31)21-32)28-13-11-27(12-14-28)26-51-41(49)10-4-2-1-3-8-33-34(38(48)23-37(33)47)17-18-36(46)40-22-30-7-5-6-9-39(30)52-40/h5-7,9,11-16,19-22,25,33-38,46-48H,1-4,8,10,17-18,23-24,26,43H2,(H,45,50)/t33-,34-,35?,36-,37+,38-/m1/s1. The minimum Gasteiger partial charge on any atom is -0.461 e. The van der Waals surface area contributed by atoms with Gasteiger partial charge in [-0.2, -0.15) is 0 Å². The number of ether oxygens (including phenoxy) is 1. The van der Waals surface area contributed by atoms with Crippen LogP contribution in [0, 0.1) is 11.8 Å². The van der Waals surface area contributed by atoms with Gasteiger partial charge >= 0.3 is 5.97 Å². The average molecular weight is 724 g/mol. The van der Waals surface area contributed by atoms with Gasteiger partial charge in [-0.3, -0.25) is 14.6 Å². The lowest BCUT2D eigenvalue weighted by molar-refractivity contribution is -0.145. The molecule has 1 aliphatic rings. The van der Waals surface area contributed by atoms with Crippen LogP contribution in [0.3, 0.4) is 0 Å². The summed E-state index contributed by atoms with van der Waals surface area (Å²) < 4.78 is 6.67. The summed E-state index contributed by atoms with van der Waals surface area (Å²) in [5, 5.41) is 38.3. The smallest absolute Gasteiger partial charge is 0.306 e. The highest BCUT2D eigenvalue weighted by molar-refractivity contribution is 7.19. The van der Waals surface area contributed by atoms with Crippen LogP contribution in [0.2, 0.25) is 0 Å². The number of amides is 1. The zero-order valence-corrected chi connectivity index (χ0v) is 30.2. The van der Waals surface area contributed by atoms with Crippen molar-refractivity contribution in [3.8, 4) is 0 Å². The lowest BCUT2D eigenvalue weighted by Gasteiger charge is -2.24. The highest BCUT2D eigenvalue weighted by atomic mass is 32.1. The van der Waals surface area contributed by atoms with Crippen molar-refractivity contribution < 1.29 is 29.6 Å². The molecular weight excluding hydrogens is 675 g/mol. The number of benzene rings is 3. The van der Waals surface area contributed by atoms with Crippen LogP contribution >= 0.6 is 11.3 Å². The molecule has 1 unspecified atom stereocenters. The van der Waals surface area contributed by atoms with Crippen LogP contribution in [0.25, 0.3) is 20.9 Å². The molecule has 2 heterocycles. The number of aliphatic hydroxyl groups excluding tert-OH is 3. The quantitative estimate of drug-likeness (QED) is 0.0492. The fourth-order valence-electron chi connectivity index (χ4n) is 7.51. The first-order valence-corrected chi connectivity index (χ1v) is 19.2. The third kappa shape index (κ3) is 9.61. The molecule has 0 saturated heterocycles. The number of anilines is 1. The van der Waals surface area contributed by atoms with Crippen LogP contribution in [0.4, 0.5) is 5.69 Å². The van der Waals surface area contributed by atoms with Crippen molar-refractivity contribution in [2.24, 2.45) is 17.6 Å². The number of esters is 1. The summed E-state index contributed by atoms with van der Waals surface area (Å²) in [7, 11) is 0. The van der Waals surface area contributed by atoms with Gasteiger partial charge in [-0.15, -0.1) is 11.3 Å². The van der Waals surface area contributed by atoms with Crippen LogP contribution in [-0.2, 0) is 20.9 Å². The molecule has 9 nitrogen and oxygen atoms in total. The molecule has 10 heteroatoms. The molecule has 1 saturated carbocycles. The van der Waals surface area contributed by atoms with E-state index in [2.05, 4.69) is 22.4 Å². The first-order valence-electron chi connectivity index (χ1n) is 18.4. The van der Waals surface area contributed by atoms with E-state index in [1.807, 2.05) is 66.7 Å². The maximum Gasteiger partial charge on any atom is 0.306 e. The number of carbonyl (C=O) groups excluding carboxylic acids is 2. The van der Waals surface area contributed by atoms with E-state index in [0.29, 0.717) is 31.4 Å². The highest BCUT2D eigenvalue weighted by Crippen LogP contribution is 2.41. The summed E-state index contributed by atoms with van der Waals surface area (Å²) in [5.41, 5.74) is 8.31. The molecule has 2 aromatic heterocycles. The number of hydrogen-bond donors (Lipinski definition) is 5. The topological polar surface area (TPSA) is 155 Å². The molecule has 1 amide bonds. The Balaban J connectivity index is 0.872. The zero-order chi connectivity index (χ0) is 36.5. The highest BCUT2D eigenvalue weighted by Gasteiger charge is 2.41. The summed E-state index contributed by atoms with van der Waals surface area (Å²) in [5.74, 6) is -0.984. The minimum absolute atomic E-state index is 0.0121. The molecule has 5 aromatic rings. The third-order valence-corrected chi connectivity index (χ3v) is 11.7. The molecule has 0 aliphatic heterocycles. The number of aromatic nitrogens is 1. The van der Waals surface area contributed by atoms with E-state index < -0.39 is 24.2 Å².